The quantitative estimate of drug-likeness (QED) is 0.666. The van der Waals surface area contributed by atoms with Crippen molar-refractivity contribution in [3.05, 3.63) is 48.5 Å². The first-order chi connectivity index (χ1) is 14.1. The van der Waals surface area contributed by atoms with Crippen LogP contribution in [-0.4, -0.2) is 50.6 Å². The van der Waals surface area contributed by atoms with Gasteiger partial charge >= 0.3 is 0 Å². The second-order valence-corrected chi connectivity index (χ2v) is 6.89. The van der Waals surface area contributed by atoms with Crippen molar-refractivity contribution in [2.45, 2.75) is 12.8 Å². The lowest BCUT2D eigenvalue weighted by Crippen LogP contribution is -2.34. The lowest BCUT2D eigenvalue weighted by molar-refractivity contribution is -0.132. The van der Waals surface area contributed by atoms with Gasteiger partial charge in [0.05, 0.1) is 13.7 Å². The van der Waals surface area contributed by atoms with Crippen molar-refractivity contribution in [1.82, 2.24) is 4.90 Å². The zero-order valence-electron chi connectivity index (χ0n) is 16.7. The van der Waals surface area contributed by atoms with Crippen molar-refractivity contribution in [2.24, 2.45) is 5.92 Å². The normalized spacial score (nSPS) is 12.8. The van der Waals surface area contributed by atoms with E-state index in [1.165, 1.54) is 0 Å². The minimum atomic E-state index is -0.166. The Morgan fingerprint density at radius 3 is 2.55 bits per heavy atom. The molecule has 1 fully saturated rings. The highest BCUT2D eigenvalue weighted by atomic mass is 16.5. The van der Waals surface area contributed by atoms with Crippen LogP contribution in [0.25, 0.3) is 0 Å². The smallest absolute Gasteiger partial charge is 0.260 e. The Morgan fingerprint density at radius 2 is 1.83 bits per heavy atom. The van der Waals surface area contributed by atoms with Crippen LogP contribution in [0.3, 0.4) is 0 Å². The molecule has 1 saturated carbocycles. The molecule has 0 saturated heterocycles. The third-order valence-electron chi connectivity index (χ3n) is 4.59. The van der Waals surface area contributed by atoms with Crippen LogP contribution in [0.5, 0.6) is 17.2 Å². The summed E-state index contributed by atoms with van der Waals surface area (Å²) in [4.78, 5) is 25.7. The first-order valence-electron chi connectivity index (χ1n) is 9.60. The van der Waals surface area contributed by atoms with E-state index in [9.17, 15) is 9.59 Å². The Hall–Kier alpha value is -3.22. The van der Waals surface area contributed by atoms with Gasteiger partial charge in [-0.1, -0.05) is 18.2 Å². The number of hydrogen-bond acceptors (Lipinski definition) is 5. The van der Waals surface area contributed by atoms with Gasteiger partial charge in [0, 0.05) is 24.7 Å². The fourth-order valence-corrected chi connectivity index (χ4v) is 2.66. The molecule has 7 heteroatoms. The Bertz CT molecular complexity index is 851. The molecule has 29 heavy (non-hydrogen) atoms. The molecule has 2 aromatic carbocycles. The minimum absolute atomic E-state index is 0.0352. The van der Waals surface area contributed by atoms with E-state index in [0.717, 1.165) is 12.8 Å². The van der Waals surface area contributed by atoms with E-state index in [0.29, 0.717) is 36.1 Å². The lowest BCUT2D eigenvalue weighted by atomic mass is 10.3. The van der Waals surface area contributed by atoms with E-state index in [1.807, 2.05) is 24.3 Å². The van der Waals surface area contributed by atoms with Crippen molar-refractivity contribution in [2.75, 3.05) is 39.2 Å². The highest BCUT2D eigenvalue weighted by Gasteiger charge is 2.29. The average molecular weight is 398 g/mol. The topological polar surface area (TPSA) is 77.1 Å². The van der Waals surface area contributed by atoms with Crippen molar-refractivity contribution in [3.8, 4) is 17.2 Å². The molecule has 1 aliphatic rings. The molecule has 1 N–H and O–H groups in total. The van der Waals surface area contributed by atoms with E-state index in [4.69, 9.17) is 14.2 Å². The van der Waals surface area contributed by atoms with E-state index >= 15 is 0 Å². The zero-order valence-corrected chi connectivity index (χ0v) is 16.7. The maximum atomic E-state index is 12.3. The largest absolute Gasteiger partial charge is 0.493 e. The van der Waals surface area contributed by atoms with Crippen LogP contribution in [-0.2, 0) is 9.59 Å². The number of nitrogens with zero attached hydrogens (tertiary/aromatic N) is 1. The Kier molecular flexibility index (Phi) is 6.94. The summed E-state index contributed by atoms with van der Waals surface area (Å²) < 4.78 is 16.5. The molecule has 0 atom stereocenters. The number of nitrogens with one attached hydrogen (secondary N) is 1. The maximum Gasteiger partial charge on any atom is 0.260 e. The minimum Gasteiger partial charge on any atom is -0.493 e. The van der Waals surface area contributed by atoms with Gasteiger partial charge in [-0.15, -0.1) is 0 Å². The molecule has 0 heterocycles. The second kappa shape index (κ2) is 9.82. The highest BCUT2D eigenvalue weighted by molar-refractivity contribution is 5.94. The fraction of sp³-hybridized carbons (Fsp3) is 0.364. The molecule has 2 aromatic rings. The summed E-state index contributed by atoms with van der Waals surface area (Å²) in [5.74, 6) is 1.82. The number of carbonyl (C=O) groups excluding carboxylic acids is 2. The number of rotatable bonds is 10. The molecule has 154 valence electrons. The summed E-state index contributed by atoms with van der Waals surface area (Å²) in [5, 5.41) is 2.87. The summed E-state index contributed by atoms with van der Waals surface area (Å²) in [6.07, 6.45) is 1.90. The monoisotopic (exact) mass is 398 g/mol. The standard InChI is InChI=1S/C22H26N2O5/c1-24(12-13-28-20-9-4-3-8-19(20)27-2)21(25)15-29-18-7-5-6-17(14-18)23-22(26)16-10-11-16/h3-9,14,16H,10-13,15H2,1-2H3,(H,23,26). The summed E-state index contributed by atoms with van der Waals surface area (Å²) in [5.41, 5.74) is 0.672. The molecule has 7 nitrogen and oxygen atoms in total. The number of hydrogen-bond donors (Lipinski definition) is 1. The van der Waals surface area contributed by atoms with Gasteiger partial charge in [0.15, 0.2) is 18.1 Å². The number of para-hydroxylation sites is 2. The van der Waals surface area contributed by atoms with Crippen molar-refractivity contribution < 1.29 is 23.8 Å². The van der Waals surface area contributed by atoms with Gasteiger partial charge in [0.2, 0.25) is 5.91 Å². The fourth-order valence-electron chi connectivity index (χ4n) is 2.66. The van der Waals surface area contributed by atoms with Crippen molar-refractivity contribution in [3.63, 3.8) is 0 Å². The van der Waals surface area contributed by atoms with Gasteiger partial charge in [0.1, 0.15) is 12.4 Å². The Labute approximate surface area is 170 Å². The molecule has 0 spiro atoms. The first kappa shape index (κ1) is 20.5. The van der Waals surface area contributed by atoms with Gasteiger partial charge in [-0.3, -0.25) is 9.59 Å². The average Bonchev–Trinajstić information content (AvgIpc) is 3.58. The maximum absolute atomic E-state index is 12.3. The number of benzene rings is 2. The zero-order chi connectivity index (χ0) is 20.6. The van der Waals surface area contributed by atoms with E-state index < -0.39 is 0 Å². The lowest BCUT2D eigenvalue weighted by Gasteiger charge is -2.18. The molecule has 0 aromatic heterocycles. The van der Waals surface area contributed by atoms with Gasteiger partial charge < -0.3 is 24.4 Å². The summed E-state index contributed by atoms with van der Waals surface area (Å²) in [6, 6.07) is 14.4. The Balaban J connectivity index is 1.42. The van der Waals surface area contributed by atoms with Crippen LogP contribution in [0.1, 0.15) is 12.8 Å². The van der Waals surface area contributed by atoms with Crippen LogP contribution in [0.2, 0.25) is 0 Å². The molecular weight excluding hydrogens is 372 g/mol. The number of ether oxygens (including phenoxy) is 3. The third-order valence-corrected chi connectivity index (χ3v) is 4.59. The van der Waals surface area contributed by atoms with Crippen molar-refractivity contribution >= 4 is 17.5 Å². The van der Waals surface area contributed by atoms with E-state index in [-0.39, 0.29) is 24.3 Å². The summed E-state index contributed by atoms with van der Waals surface area (Å²) >= 11 is 0. The summed E-state index contributed by atoms with van der Waals surface area (Å²) in [6.45, 7) is 0.661. The Morgan fingerprint density at radius 1 is 1.07 bits per heavy atom. The molecule has 1 aliphatic carbocycles. The highest BCUT2D eigenvalue weighted by Crippen LogP contribution is 2.30. The van der Waals surface area contributed by atoms with Gasteiger partial charge in [-0.25, -0.2) is 0 Å². The number of methoxy groups -OCH3 is 1. The van der Waals surface area contributed by atoms with Gasteiger partial charge in [-0.2, -0.15) is 0 Å². The SMILES string of the molecule is COc1ccccc1OCCN(C)C(=O)COc1cccc(NC(=O)C2CC2)c1. The first-order valence-corrected chi connectivity index (χ1v) is 9.60. The summed E-state index contributed by atoms with van der Waals surface area (Å²) in [7, 11) is 3.28. The van der Waals surface area contributed by atoms with Gasteiger partial charge in [-0.05, 0) is 37.1 Å². The molecule has 2 amide bonds. The van der Waals surface area contributed by atoms with Crippen LogP contribution in [0.4, 0.5) is 5.69 Å². The number of amides is 2. The third kappa shape index (κ3) is 6.14. The molecular formula is C22H26N2O5. The predicted molar refractivity (Wildman–Crippen MR) is 109 cm³/mol. The van der Waals surface area contributed by atoms with E-state index in [1.54, 1.807) is 43.3 Å². The molecule has 0 aliphatic heterocycles. The van der Waals surface area contributed by atoms with Crippen LogP contribution in [0, 0.1) is 5.92 Å². The number of likely N-dealkylation sites (N-methyl/N-ethyl adjacent to an activating group) is 1. The molecule has 0 radical (unpaired) electrons. The predicted octanol–water partition coefficient (Wildman–Crippen LogP) is 2.96. The van der Waals surface area contributed by atoms with Crippen LogP contribution >= 0.6 is 0 Å². The van der Waals surface area contributed by atoms with Crippen molar-refractivity contribution in [1.29, 1.82) is 0 Å². The molecule has 0 bridgehead atoms. The second-order valence-electron chi connectivity index (χ2n) is 6.89. The van der Waals surface area contributed by atoms with Gasteiger partial charge in [0.25, 0.3) is 5.91 Å². The number of anilines is 1. The molecule has 0 unspecified atom stereocenters. The number of carbonyl (C=O) groups is 2. The van der Waals surface area contributed by atoms with Crippen LogP contribution < -0.4 is 19.5 Å². The molecule has 3 rings (SSSR count). The van der Waals surface area contributed by atoms with Crippen LogP contribution in [0.15, 0.2) is 48.5 Å². The van der Waals surface area contributed by atoms with E-state index in [2.05, 4.69) is 5.32 Å².